The number of anilines is 1. The molecule has 0 saturated carbocycles. The molecule has 1 amide bonds. The van der Waals surface area contributed by atoms with Gasteiger partial charge in [0.2, 0.25) is 0 Å². The lowest BCUT2D eigenvalue weighted by molar-refractivity contribution is -0.385. The number of hydrogen-bond acceptors (Lipinski definition) is 9. The van der Waals surface area contributed by atoms with Gasteiger partial charge in [-0.3, -0.25) is 29.8 Å². The molecule has 0 spiro atoms. The highest BCUT2D eigenvalue weighted by Crippen LogP contribution is 2.28. The normalized spacial score (nSPS) is 10.3. The Balaban J connectivity index is 1.84. The second-order valence-electron chi connectivity index (χ2n) is 5.36. The van der Waals surface area contributed by atoms with Crippen LogP contribution in [0.25, 0.3) is 11.3 Å². The van der Waals surface area contributed by atoms with E-state index in [2.05, 4.69) is 14.1 Å². The van der Waals surface area contributed by atoms with Gasteiger partial charge in [-0.2, -0.15) is 8.75 Å². The second kappa shape index (κ2) is 7.67. The fourth-order valence-electron chi connectivity index (χ4n) is 2.28. The number of rotatable bonds is 6. The van der Waals surface area contributed by atoms with Crippen molar-refractivity contribution >= 4 is 40.6 Å². The van der Waals surface area contributed by atoms with E-state index in [0.29, 0.717) is 5.56 Å². The van der Waals surface area contributed by atoms with Gasteiger partial charge < -0.3 is 5.32 Å². The standard InChI is InChI=1S/C16H9N5O6S/c22-14(10-4-2-6-12(8-10)21(26)27)16(23)17-15-13(18-28-19-15)9-3-1-5-11(7-9)20(24)25/h1-8H,(H,17,19,23). The summed E-state index contributed by atoms with van der Waals surface area (Å²) < 4.78 is 7.90. The summed E-state index contributed by atoms with van der Waals surface area (Å²) in [5.74, 6) is -2.11. The van der Waals surface area contributed by atoms with Crippen molar-refractivity contribution in [2.75, 3.05) is 5.32 Å². The first-order chi connectivity index (χ1) is 13.4. The number of benzene rings is 2. The summed E-state index contributed by atoms with van der Waals surface area (Å²) in [4.78, 5) is 45.0. The average Bonchev–Trinajstić information content (AvgIpc) is 3.15. The van der Waals surface area contributed by atoms with Gasteiger partial charge in [-0.05, 0) is 0 Å². The number of nitro groups is 2. The number of nitrogens with zero attached hydrogens (tertiary/aromatic N) is 4. The Morgan fingerprint density at radius 1 is 0.929 bits per heavy atom. The number of aromatic nitrogens is 2. The van der Waals surface area contributed by atoms with E-state index in [9.17, 15) is 29.8 Å². The molecule has 0 bridgehead atoms. The van der Waals surface area contributed by atoms with Crippen LogP contribution < -0.4 is 5.32 Å². The first-order valence-electron chi connectivity index (χ1n) is 7.54. The van der Waals surface area contributed by atoms with Crippen LogP contribution in [0.2, 0.25) is 0 Å². The maximum atomic E-state index is 12.3. The van der Waals surface area contributed by atoms with Crippen molar-refractivity contribution in [1.82, 2.24) is 8.75 Å². The maximum absolute atomic E-state index is 12.3. The number of carbonyl (C=O) groups excluding carboxylic acids is 2. The van der Waals surface area contributed by atoms with Crippen LogP contribution in [0.15, 0.2) is 48.5 Å². The Bertz CT molecular complexity index is 1110. The Morgan fingerprint density at radius 2 is 1.57 bits per heavy atom. The molecule has 140 valence electrons. The zero-order chi connectivity index (χ0) is 20.3. The number of amides is 1. The Morgan fingerprint density at radius 3 is 2.25 bits per heavy atom. The van der Waals surface area contributed by atoms with E-state index in [1.807, 2.05) is 0 Å². The highest BCUT2D eigenvalue weighted by Gasteiger charge is 2.22. The van der Waals surface area contributed by atoms with Gasteiger partial charge in [0, 0.05) is 35.4 Å². The lowest BCUT2D eigenvalue weighted by atomic mass is 10.1. The minimum atomic E-state index is -1.07. The van der Waals surface area contributed by atoms with Crippen LogP contribution in [0.4, 0.5) is 17.2 Å². The number of hydrogen-bond donors (Lipinski definition) is 1. The molecule has 0 fully saturated rings. The zero-order valence-electron chi connectivity index (χ0n) is 13.8. The molecule has 12 heteroatoms. The van der Waals surface area contributed by atoms with E-state index < -0.39 is 21.5 Å². The number of ketones is 1. The molecule has 11 nitrogen and oxygen atoms in total. The molecule has 0 radical (unpaired) electrons. The molecule has 2 aromatic carbocycles. The Kier molecular flexibility index (Phi) is 5.13. The van der Waals surface area contributed by atoms with Gasteiger partial charge in [-0.15, -0.1) is 0 Å². The molecule has 1 N–H and O–H groups in total. The fourth-order valence-corrected chi connectivity index (χ4v) is 2.81. The van der Waals surface area contributed by atoms with Crippen molar-refractivity contribution in [3.05, 3.63) is 74.3 Å². The molecule has 0 unspecified atom stereocenters. The summed E-state index contributed by atoms with van der Waals surface area (Å²) in [7, 11) is 0. The third kappa shape index (κ3) is 3.86. The van der Waals surface area contributed by atoms with E-state index in [-0.39, 0.29) is 28.5 Å². The van der Waals surface area contributed by atoms with E-state index in [1.165, 1.54) is 36.4 Å². The minimum absolute atomic E-state index is 0.0470. The van der Waals surface area contributed by atoms with E-state index in [0.717, 1.165) is 17.8 Å². The van der Waals surface area contributed by atoms with Gasteiger partial charge in [0.1, 0.15) is 5.69 Å². The van der Waals surface area contributed by atoms with E-state index >= 15 is 0 Å². The molecule has 0 aliphatic carbocycles. The number of carbonyl (C=O) groups is 2. The zero-order valence-corrected chi connectivity index (χ0v) is 14.6. The van der Waals surface area contributed by atoms with Gasteiger partial charge in [0.15, 0.2) is 5.82 Å². The van der Waals surface area contributed by atoms with Crippen molar-refractivity contribution in [2.45, 2.75) is 0 Å². The van der Waals surface area contributed by atoms with Crippen LogP contribution >= 0.6 is 11.7 Å². The fraction of sp³-hybridized carbons (Fsp3) is 0. The van der Waals surface area contributed by atoms with Gasteiger partial charge in [-0.1, -0.05) is 24.3 Å². The number of Topliss-reactive ketones (excluding diaryl/α,β-unsaturated/α-hetero) is 1. The summed E-state index contributed by atoms with van der Waals surface area (Å²) in [5.41, 5.74) is -0.163. The maximum Gasteiger partial charge on any atom is 0.298 e. The average molecular weight is 399 g/mol. The largest absolute Gasteiger partial charge is 0.301 e. The van der Waals surface area contributed by atoms with Crippen LogP contribution in [0, 0.1) is 20.2 Å². The third-order valence-corrected chi connectivity index (χ3v) is 4.10. The smallest absolute Gasteiger partial charge is 0.298 e. The van der Waals surface area contributed by atoms with Gasteiger partial charge in [0.25, 0.3) is 23.1 Å². The van der Waals surface area contributed by atoms with Gasteiger partial charge in [-0.25, -0.2) is 0 Å². The first-order valence-corrected chi connectivity index (χ1v) is 8.27. The Hall–Kier alpha value is -4.06. The molecule has 28 heavy (non-hydrogen) atoms. The molecule has 1 heterocycles. The van der Waals surface area contributed by atoms with Crippen LogP contribution in [-0.4, -0.2) is 30.3 Å². The van der Waals surface area contributed by atoms with Crippen molar-refractivity contribution in [2.24, 2.45) is 0 Å². The second-order valence-corrected chi connectivity index (χ2v) is 5.89. The monoisotopic (exact) mass is 399 g/mol. The first kappa shape index (κ1) is 18.7. The van der Waals surface area contributed by atoms with Crippen LogP contribution in [-0.2, 0) is 4.79 Å². The van der Waals surface area contributed by atoms with Crippen molar-refractivity contribution in [3.8, 4) is 11.3 Å². The van der Waals surface area contributed by atoms with E-state index in [1.54, 1.807) is 6.07 Å². The molecule has 3 rings (SSSR count). The lowest BCUT2D eigenvalue weighted by Crippen LogP contribution is -2.23. The summed E-state index contributed by atoms with van der Waals surface area (Å²) in [5, 5.41) is 24.0. The quantitative estimate of drug-likeness (QED) is 0.287. The molecule has 3 aromatic rings. The van der Waals surface area contributed by atoms with E-state index in [4.69, 9.17) is 0 Å². The highest BCUT2D eigenvalue weighted by molar-refractivity contribution is 6.99. The lowest BCUT2D eigenvalue weighted by Gasteiger charge is -2.04. The van der Waals surface area contributed by atoms with Gasteiger partial charge in [0.05, 0.1) is 21.6 Å². The molecular weight excluding hydrogens is 390 g/mol. The summed E-state index contributed by atoms with van der Waals surface area (Å²) >= 11 is 0.746. The van der Waals surface area contributed by atoms with Crippen molar-refractivity contribution < 1.29 is 19.4 Å². The van der Waals surface area contributed by atoms with Crippen LogP contribution in [0.5, 0.6) is 0 Å². The van der Waals surface area contributed by atoms with Crippen molar-refractivity contribution in [3.63, 3.8) is 0 Å². The number of nitrogens with one attached hydrogen (secondary N) is 1. The predicted octanol–water partition coefficient (Wildman–Crippen LogP) is 2.84. The Labute approximate surface area is 160 Å². The van der Waals surface area contributed by atoms with Gasteiger partial charge >= 0.3 is 0 Å². The third-order valence-electron chi connectivity index (χ3n) is 3.58. The molecule has 1 aromatic heterocycles. The van der Waals surface area contributed by atoms with Crippen molar-refractivity contribution in [1.29, 1.82) is 0 Å². The molecular formula is C16H9N5O6S. The molecule has 0 saturated heterocycles. The van der Waals surface area contributed by atoms with Crippen LogP contribution in [0.1, 0.15) is 10.4 Å². The topological polar surface area (TPSA) is 158 Å². The van der Waals surface area contributed by atoms with Crippen LogP contribution in [0.3, 0.4) is 0 Å². The SMILES string of the molecule is O=C(Nc1nsnc1-c1cccc([N+](=O)[O-])c1)C(=O)c1cccc([N+](=O)[O-])c1. The summed E-state index contributed by atoms with van der Waals surface area (Å²) in [6.45, 7) is 0. The summed E-state index contributed by atoms with van der Waals surface area (Å²) in [6, 6.07) is 10.3. The number of nitro benzene ring substituents is 2. The summed E-state index contributed by atoms with van der Waals surface area (Å²) in [6.07, 6.45) is 0. The molecule has 0 aliphatic heterocycles. The number of non-ortho nitro benzene ring substituents is 2. The predicted molar refractivity (Wildman–Crippen MR) is 98.1 cm³/mol. The molecule has 0 atom stereocenters. The molecule has 0 aliphatic rings. The highest BCUT2D eigenvalue weighted by atomic mass is 32.1. The minimum Gasteiger partial charge on any atom is -0.301 e.